The highest BCUT2D eigenvalue weighted by Crippen LogP contribution is 2.30. The van der Waals surface area contributed by atoms with E-state index in [0.717, 1.165) is 19.2 Å². The van der Waals surface area contributed by atoms with Crippen molar-refractivity contribution in [1.29, 1.82) is 0 Å². The zero-order chi connectivity index (χ0) is 12.5. The van der Waals surface area contributed by atoms with E-state index in [1.54, 1.807) is 0 Å². The van der Waals surface area contributed by atoms with E-state index in [0.29, 0.717) is 0 Å². The van der Waals surface area contributed by atoms with Gasteiger partial charge in [0.15, 0.2) is 0 Å². The number of aromatic carboxylic acids is 1. The Balaban J connectivity index is 3.76. The van der Waals surface area contributed by atoms with E-state index in [2.05, 4.69) is 4.74 Å². The third-order valence-electron chi connectivity index (χ3n) is 1.75. The average Bonchev–Trinajstić information content (AvgIpc) is 2.15. The molecular formula is C8H6ClFO5S. The molecule has 1 aromatic rings. The van der Waals surface area contributed by atoms with Crippen molar-refractivity contribution in [3.8, 4) is 5.75 Å². The highest BCUT2D eigenvalue weighted by Gasteiger charge is 2.28. The van der Waals surface area contributed by atoms with Crippen molar-refractivity contribution in [3.63, 3.8) is 0 Å². The average molecular weight is 269 g/mol. The van der Waals surface area contributed by atoms with E-state index in [4.69, 9.17) is 15.8 Å². The lowest BCUT2D eigenvalue weighted by molar-refractivity contribution is 0.0688. The third-order valence-corrected chi connectivity index (χ3v) is 3.10. The van der Waals surface area contributed by atoms with E-state index in [9.17, 15) is 17.6 Å². The molecule has 0 aliphatic carbocycles. The quantitative estimate of drug-likeness (QED) is 0.840. The second-order valence-corrected chi connectivity index (χ2v) is 5.20. The molecule has 16 heavy (non-hydrogen) atoms. The Kier molecular flexibility index (Phi) is 3.39. The molecule has 0 aromatic heterocycles. The van der Waals surface area contributed by atoms with Crippen LogP contribution in [0.15, 0.2) is 17.0 Å². The fraction of sp³-hybridized carbons (Fsp3) is 0.125. The van der Waals surface area contributed by atoms with Gasteiger partial charge in [-0.2, -0.15) is 0 Å². The maximum Gasteiger partial charge on any atom is 0.340 e. The Bertz CT molecular complexity index is 540. The van der Waals surface area contributed by atoms with Gasteiger partial charge in [0.05, 0.1) is 7.11 Å². The molecule has 0 saturated heterocycles. The van der Waals surface area contributed by atoms with Gasteiger partial charge < -0.3 is 9.84 Å². The fourth-order valence-electron chi connectivity index (χ4n) is 1.15. The number of benzene rings is 1. The van der Waals surface area contributed by atoms with E-state index < -0.39 is 31.3 Å². The zero-order valence-electron chi connectivity index (χ0n) is 7.90. The fourth-order valence-corrected chi connectivity index (χ4v) is 2.34. The molecule has 1 aromatic carbocycles. The Labute approximate surface area is 94.8 Å². The summed E-state index contributed by atoms with van der Waals surface area (Å²) in [5.74, 6) is -3.17. The second kappa shape index (κ2) is 4.26. The van der Waals surface area contributed by atoms with Crippen LogP contribution in [0.1, 0.15) is 10.4 Å². The van der Waals surface area contributed by atoms with Crippen LogP contribution in [-0.4, -0.2) is 26.6 Å². The van der Waals surface area contributed by atoms with Crippen molar-refractivity contribution in [3.05, 3.63) is 23.5 Å². The summed E-state index contributed by atoms with van der Waals surface area (Å²) in [4.78, 5) is 9.73. The van der Waals surface area contributed by atoms with Crippen molar-refractivity contribution in [2.24, 2.45) is 0 Å². The molecule has 0 heterocycles. The lowest BCUT2D eigenvalue weighted by Gasteiger charge is -2.08. The molecule has 0 spiro atoms. The normalized spacial score (nSPS) is 11.2. The van der Waals surface area contributed by atoms with Gasteiger partial charge in [-0.05, 0) is 12.1 Å². The van der Waals surface area contributed by atoms with E-state index in [1.165, 1.54) is 0 Å². The van der Waals surface area contributed by atoms with E-state index in [1.807, 2.05) is 0 Å². The predicted molar refractivity (Wildman–Crippen MR) is 53.0 cm³/mol. The van der Waals surface area contributed by atoms with Crippen LogP contribution in [-0.2, 0) is 9.05 Å². The number of carboxylic acid groups (broad SMARTS) is 1. The summed E-state index contributed by atoms with van der Waals surface area (Å²) >= 11 is 0. The van der Waals surface area contributed by atoms with Crippen LogP contribution in [0, 0.1) is 5.82 Å². The first-order chi connectivity index (χ1) is 7.29. The standard InChI is InChI=1S/C8H6ClFO5S/c1-15-5-3-2-4(10)7(16(9,13)14)6(5)8(11)12/h2-3H,1H3,(H,11,12). The largest absolute Gasteiger partial charge is 0.496 e. The van der Waals surface area contributed by atoms with Crippen molar-refractivity contribution < 1.29 is 27.4 Å². The molecule has 0 aliphatic heterocycles. The highest BCUT2D eigenvalue weighted by molar-refractivity contribution is 8.13. The van der Waals surface area contributed by atoms with Gasteiger partial charge >= 0.3 is 5.97 Å². The Hall–Kier alpha value is -1.34. The van der Waals surface area contributed by atoms with Crippen molar-refractivity contribution in [2.75, 3.05) is 7.11 Å². The lowest BCUT2D eigenvalue weighted by Crippen LogP contribution is -2.09. The molecule has 0 bridgehead atoms. The summed E-state index contributed by atoms with van der Waals surface area (Å²) in [6, 6.07) is 1.77. The number of methoxy groups -OCH3 is 1. The molecule has 0 fully saturated rings. The smallest absolute Gasteiger partial charge is 0.340 e. The summed E-state index contributed by atoms with van der Waals surface area (Å²) in [5, 5.41) is 8.80. The van der Waals surface area contributed by atoms with Crippen LogP contribution in [0.25, 0.3) is 0 Å². The molecule has 0 aliphatic rings. The molecule has 1 N–H and O–H groups in total. The Morgan fingerprint density at radius 2 is 2.06 bits per heavy atom. The van der Waals surface area contributed by atoms with E-state index >= 15 is 0 Å². The third kappa shape index (κ3) is 2.25. The summed E-state index contributed by atoms with van der Waals surface area (Å²) in [7, 11) is 1.58. The van der Waals surface area contributed by atoms with Gasteiger partial charge in [-0.25, -0.2) is 17.6 Å². The first-order valence-corrected chi connectivity index (χ1v) is 6.14. The number of carbonyl (C=O) groups is 1. The topological polar surface area (TPSA) is 80.7 Å². The number of hydrogen-bond acceptors (Lipinski definition) is 4. The maximum absolute atomic E-state index is 13.2. The Morgan fingerprint density at radius 3 is 2.44 bits per heavy atom. The highest BCUT2D eigenvalue weighted by atomic mass is 35.7. The second-order valence-electron chi connectivity index (χ2n) is 2.70. The molecule has 8 heteroatoms. The van der Waals surface area contributed by atoms with Gasteiger partial charge in [0.2, 0.25) is 0 Å². The molecule has 0 saturated carbocycles. The van der Waals surface area contributed by atoms with Gasteiger partial charge in [-0.15, -0.1) is 0 Å². The van der Waals surface area contributed by atoms with Gasteiger partial charge in [-0.3, -0.25) is 0 Å². The lowest BCUT2D eigenvalue weighted by atomic mass is 10.2. The summed E-state index contributed by atoms with van der Waals surface area (Å²) in [5.41, 5.74) is -0.822. The minimum Gasteiger partial charge on any atom is -0.496 e. The van der Waals surface area contributed by atoms with Gasteiger partial charge in [0, 0.05) is 10.7 Å². The maximum atomic E-state index is 13.2. The van der Waals surface area contributed by atoms with Crippen LogP contribution in [0.3, 0.4) is 0 Å². The zero-order valence-corrected chi connectivity index (χ0v) is 9.47. The first kappa shape index (κ1) is 12.7. The predicted octanol–water partition coefficient (Wildman–Crippen LogP) is 1.46. The molecule has 0 radical (unpaired) electrons. The van der Waals surface area contributed by atoms with Gasteiger partial charge in [0.1, 0.15) is 22.0 Å². The summed E-state index contributed by atoms with van der Waals surface area (Å²) in [6.07, 6.45) is 0. The van der Waals surface area contributed by atoms with Crippen LogP contribution >= 0.6 is 10.7 Å². The van der Waals surface area contributed by atoms with Crippen molar-refractivity contribution >= 4 is 25.7 Å². The van der Waals surface area contributed by atoms with Gasteiger partial charge in [-0.1, -0.05) is 0 Å². The molecule has 0 amide bonds. The van der Waals surface area contributed by atoms with Crippen LogP contribution < -0.4 is 4.74 Å². The number of ether oxygens (including phenoxy) is 1. The Morgan fingerprint density at radius 1 is 1.50 bits per heavy atom. The molecule has 0 atom stereocenters. The molecular weight excluding hydrogens is 263 g/mol. The number of rotatable bonds is 3. The van der Waals surface area contributed by atoms with E-state index in [-0.39, 0.29) is 5.75 Å². The first-order valence-electron chi connectivity index (χ1n) is 3.83. The number of hydrogen-bond donors (Lipinski definition) is 1. The molecule has 88 valence electrons. The summed E-state index contributed by atoms with van der Waals surface area (Å²) in [6.45, 7) is 0. The molecule has 5 nitrogen and oxygen atoms in total. The van der Waals surface area contributed by atoms with Gasteiger partial charge in [0.25, 0.3) is 9.05 Å². The minimum atomic E-state index is -4.51. The number of carboxylic acids is 1. The molecule has 0 unspecified atom stereocenters. The summed E-state index contributed by atoms with van der Waals surface area (Å²) < 4.78 is 40.0. The van der Waals surface area contributed by atoms with Crippen LogP contribution in [0.5, 0.6) is 5.75 Å². The number of halogens is 2. The SMILES string of the molecule is COc1ccc(F)c(S(=O)(=O)Cl)c1C(=O)O. The monoisotopic (exact) mass is 268 g/mol. The minimum absolute atomic E-state index is 0.284. The van der Waals surface area contributed by atoms with Crippen LogP contribution in [0.4, 0.5) is 4.39 Å². The van der Waals surface area contributed by atoms with Crippen molar-refractivity contribution in [2.45, 2.75) is 4.90 Å². The van der Waals surface area contributed by atoms with Crippen molar-refractivity contribution in [1.82, 2.24) is 0 Å². The van der Waals surface area contributed by atoms with Crippen LogP contribution in [0.2, 0.25) is 0 Å². The molecule has 1 rings (SSSR count).